The normalized spacial score (nSPS) is 11.6. The van der Waals surface area contributed by atoms with Gasteiger partial charge in [0.2, 0.25) is 0 Å². The molecule has 100 valence electrons. The third kappa shape index (κ3) is 2.45. The second-order valence-electron chi connectivity index (χ2n) is 4.41. The predicted molar refractivity (Wildman–Crippen MR) is 83.6 cm³/mol. The van der Waals surface area contributed by atoms with Crippen molar-refractivity contribution in [3.05, 3.63) is 69.6 Å². The summed E-state index contributed by atoms with van der Waals surface area (Å²) in [7, 11) is 0. The van der Waals surface area contributed by atoms with E-state index in [9.17, 15) is 4.39 Å². The summed E-state index contributed by atoms with van der Waals surface area (Å²) >= 11 is 12.1. The number of fused-ring (bicyclic) bond motifs is 1. The van der Waals surface area contributed by atoms with E-state index in [4.69, 9.17) is 23.2 Å². The Morgan fingerprint density at radius 2 is 1.80 bits per heavy atom. The van der Waals surface area contributed by atoms with E-state index in [0.29, 0.717) is 10.0 Å². The number of aromatic amines is 1. The Hall–Kier alpha value is -1.77. The average molecular weight is 306 g/mol. The van der Waals surface area contributed by atoms with Crippen molar-refractivity contribution < 1.29 is 4.39 Å². The van der Waals surface area contributed by atoms with E-state index in [1.54, 1.807) is 12.1 Å². The van der Waals surface area contributed by atoms with Crippen LogP contribution < -0.4 is 0 Å². The minimum Gasteiger partial charge on any atom is -0.360 e. The van der Waals surface area contributed by atoms with Crippen molar-refractivity contribution >= 4 is 46.3 Å². The molecule has 1 N–H and O–H groups in total. The van der Waals surface area contributed by atoms with Gasteiger partial charge in [0.15, 0.2) is 0 Å². The molecular weight excluding hydrogens is 296 g/mol. The van der Waals surface area contributed by atoms with Gasteiger partial charge in [0.25, 0.3) is 0 Å². The van der Waals surface area contributed by atoms with Crippen molar-refractivity contribution in [3.8, 4) is 0 Å². The van der Waals surface area contributed by atoms with Gasteiger partial charge in [-0.2, -0.15) is 0 Å². The molecule has 0 aliphatic heterocycles. The molecule has 0 unspecified atom stereocenters. The Morgan fingerprint density at radius 1 is 1.00 bits per heavy atom. The fourth-order valence-corrected chi connectivity index (χ4v) is 2.46. The first-order chi connectivity index (χ1) is 9.65. The average Bonchev–Trinajstić information content (AvgIpc) is 2.83. The molecule has 4 heteroatoms. The topological polar surface area (TPSA) is 15.8 Å². The summed E-state index contributed by atoms with van der Waals surface area (Å²) in [6.45, 7) is 0. The van der Waals surface area contributed by atoms with Gasteiger partial charge in [-0.3, -0.25) is 0 Å². The standard InChI is InChI=1S/C16H10Cl2FN/c17-14-3-1-2-10(16(14)18)4-5-11-9-20-15-8-12(19)6-7-13(11)15/h1-9,20H/b5-4+. The Bertz CT molecular complexity index is 805. The lowest BCUT2D eigenvalue weighted by Crippen LogP contribution is -1.76. The number of halogens is 3. The lowest BCUT2D eigenvalue weighted by Gasteiger charge is -1.99. The smallest absolute Gasteiger partial charge is 0.125 e. The Morgan fingerprint density at radius 3 is 2.65 bits per heavy atom. The van der Waals surface area contributed by atoms with Crippen LogP contribution in [0.25, 0.3) is 23.1 Å². The molecule has 0 aliphatic carbocycles. The van der Waals surface area contributed by atoms with Crippen molar-refractivity contribution in [2.24, 2.45) is 0 Å². The van der Waals surface area contributed by atoms with E-state index in [1.165, 1.54) is 12.1 Å². The van der Waals surface area contributed by atoms with Gasteiger partial charge < -0.3 is 4.98 Å². The molecule has 2 aromatic carbocycles. The highest BCUT2D eigenvalue weighted by Gasteiger charge is 2.03. The highest BCUT2D eigenvalue weighted by Crippen LogP contribution is 2.28. The van der Waals surface area contributed by atoms with E-state index in [2.05, 4.69) is 4.98 Å². The van der Waals surface area contributed by atoms with Crippen LogP contribution >= 0.6 is 23.2 Å². The maximum atomic E-state index is 13.1. The van der Waals surface area contributed by atoms with Gasteiger partial charge in [0, 0.05) is 17.1 Å². The molecule has 0 bridgehead atoms. The molecule has 0 spiro atoms. The minimum atomic E-state index is -0.257. The summed E-state index contributed by atoms with van der Waals surface area (Å²) in [4.78, 5) is 3.04. The van der Waals surface area contributed by atoms with Crippen LogP contribution in [-0.4, -0.2) is 4.98 Å². The number of nitrogens with one attached hydrogen (secondary N) is 1. The number of aromatic nitrogens is 1. The molecular formula is C16H10Cl2FN. The lowest BCUT2D eigenvalue weighted by atomic mass is 10.1. The van der Waals surface area contributed by atoms with E-state index in [1.807, 2.05) is 30.5 Å². The molecule has 0 aliphatic rings. The molecule has 1 nitrogen and oxygen atoms in total. The third-order valence-corrected chi connectivity index (χ3v) is 3.93. The zero-order valence-electron chi connectivity index (χ0n) is 10.3. The number of H-pyrrole nitrogens is 1. The number of benzene rings is 2. The predicted octanol–water partition coefficient (Wildman–Crippen LogP) is 5.78. The van der Waals surface area contributed by atoms with Crippen LogP contribution in [0.1, 0.15) is 11.1 Å². The molecule has 1 heterocycles. The molecule has 0 saturated heterocycles. The molecule has 1 aromatic heterocycles. The van der Waals surface area contributed by atoms with Crippen molar-refractivity contribution in [1.29, 1.82) is 0 Å². The van der Waals surface area contributed by atoms with E-state index >= 15 is 0 Å². The van der Waals surface area contributed by atoms with Gasteiger partial charge >= 0.3 is 0 Å². The van der Waals surface area contributed by atoms with E-state index in [-0.39, 0.29) is 5.82 Å². The number of rotatable bonds is 2. The first kappa shape index (κ1) is 13.2. The van der Waals surface area contributed by atoms with E-state index < -0.39 is 0 Å². The molecule has 3 aromatic rings. The molecule has 0 amide bonds. The van der Waals surface area contributed by atoms with E-state index in [0.717, 1.165) is 22.0 Å². The van der Waals surface area contributed by atoms with Crippen LogP contribution in [0.4, 0.5) is 4.39 Å². The molecule has 0 saturated carbocycles. The SMILES string of the molecule is Fc1ccc2c(/C=C/c3cccc(Cl)c3Cl)c[nH]c2c1. The maximum Gasteiger partial charge on any atom is 0.125 e. The molecule has 20 heavy (non-hydrogen) atoms. The van der Waals surface area contributed by atoms with Crippen molar-refractivity contribution in [3.63, 3.8) is 0 Å². The van der Waals surface area contributed by atoms with Crippen LogP contribution in [-0.2, 0) is 0 Å². The van der Waals surface area contributed by atoms with Crippen molar-refractivity contribution in [1.82, 2.24) is 4.98 Å². The summed E-state index contributed by atoms with van der Waals surface area (Å²) in [5.74, 6) is -0.257. The van der Waals surface area contributed by atoms with Crippen molar-refractivity contribution in [2.75, 3.05) is 0 Å². The maximum absolute atomic E-state index is 13.1. The third-order valence-electron chi connectivity index (χ3n) is 3.10. The van der Waals surface area contributed by atoms with Gasteiger partial charge in [-0.05, 0) is 35.4 Å². The Labute approximate surface area is 125 Å². The highest BCUT2D eigenvalue weighted by molar-refractivity contribution is 6.42. The second kappa shape index (κ2) is 5.31. The summed E-state index contributed by atoms with van der Waals surface area (Å²) < 4.78 is 13.1. The van der Waals surface area contributed by atoms with Crippen molar-refractivity contribution in [2.45, 2.75) is 0 Å². The minimum absolute atomic E-state index is 0.257. The molecule has 0 fully saturated rings. The first-order valence-corrected chi connectivity index (χ1v) is 6.79. The fourth-order valence-electron chi connectivity index (χ4n) is 2.09. The van der Waals surface area contributed by atoms with Crippen LogP contribution in [0.3, 0.4) is 0 Å². The summed E-state index contributed by atoms with van der Waals surface area (Å²) in [5.41, 5.74) is 2.58. The number of hydrogen-bond donors (Lipinski definition) is 1. The van der Waals surface area contributed by atoms with Crippen LogP contribution in [0, 0.1) is 5.82 Å². The monoisotopic (exact) mass is 305 g/mol. The molecule has 0 radical (unpaired) electrons. The largest absolute Gasteiger partial charge is 0.360 e. The number of hydrogen-bond acceptors (Lipinski definition) is 0. The van der Waals surface area contributed by atoms with Gasteiger partial charge in [-0.15, -0.1) is 0 Å². The Kier molecular flexibility index (Phi) is 3.51. The summed E-state index contributed by atoms with van der Waals surface area (Å²) in [6, 6.07) is 10.1. The molecule has 0 atom stereocenters. The zero-order valence-corrected chi connectivity index (χ0v) is 11.8. The van der Waals surface area contributed by atoms with Crippen LogP contribution in [0.15, 0.2) is 42.6 Å². The Balaban J connectivity index is 2.00. The van der Waals surface area contributed by atoms with Gasteiger partial charge in [0.05, 0.1) is 10.0 Å². The van der Waals surface area contributed by atoms with Gasteiger partial charge in [-0.25, -0.2) is 4.39 Å². The van der Waals surface area contributed by atoms with Crippen LogP contribution in [0.2, 0.25) is 10.0 Å². The van der Waals surface area contributed by atoms with Gasteiger partial charge in [0.1, 0.15) is 5.82 Å². The lowest BCUT2D eigenvalue weighted by molar-refractivity contribution is 0.629. The van der Waals surface area contributed by atoms with Gasteiger partial charge in [-0.1, -0.05) is 47.5 Å². The quantitative estimate of drug-likeness (QED) is 0.617. The highest BCUT2D eigenvalue weighted by atomic mass is 35.5. The zero-order chi connectivity index (χ0) is 14.1. The summed E-state index contributed by atoms with van der Waals surface area (Å²) in [5, 5.41) is 2.01. The molecule has 3 rings (SSSR count). The second-order valence-corrected chi connectivity index (χ2v) is 5.20. The van der Waals surface area contributed by atoms with Crippen LogP contribution in [0.5, 0.6) is 0 Å². The summed E-state index contributed by atoms with van der Waals surface area (Å²) in [6.07, 6.45) is 5.65. The fraction of sp³-hybridized carbons (Fsp3) is 0. The first-order valence-electron chi connectivity index (χ1n) is 6.04.